The first kappa shape index (κ1) is 13.1. The smallest absolute Gasteiger partial charge is 0.414 e. The second-order valence-corrected chi connectivity index (χ2v) is 4.28. The summed E-state index contributed by atoms with van der Waals surface area (Å²) < 4.78 is 14.5. The molecule has 0 spiro atoms. The van der Waals surface area contributed by atoms with E-state index in [4.69, 9.17) is 9.15 Å². The van der Waals surface area contributed by atoms with Crippen LogP contribution >= 0.6 is 0 Å². The van der Waals surface area contributed by atoms with Gasteiger partial charge in [0.05, 0.1) is 7.11 Å². The Hall–Kier alpha value is -1.98. The van der Waals surface area contributed by atoms with Crippen molar-refractivity contribution in [1.82, 2.24) is 0 Å². The van der Waals surface area contributed by atoms with E-state index in [-0.39, 0.29) is 11.6 Å². The Morgan fingerprint density at radius 3 is 2.47 bits per heavy atom. The number of anilines is 1. The minimum absolute atomic E-state index is 0.0126. The van der Waals surface area contributed by atoms with E-state index in [1.165, 1.54) is 19.2 Å². The zero-order valence-corrected chi connectivity index (χ0v) is 10.2. The molecule has 1 heterocycles. The summed E-state index contributed by atoms with van der Waals surface area (Å²) >= 11 is 0. The van der Waals surface area contributed by atoms with Gasteiger partial charge in [-0.25, -0.2) is 9.59 Å². The van der Waals surface area contributed by atoms with Gasteiger partial charge in [-0.3, -0.25) is 5.32 Å². The van der Waals surface area contributed by atoms with E-state index >= 15 is 0 Å². The minimum atomic E-state index is -0.650. The molecule has 0 radical (unpaired) electrons. The highest BCUT2D eigenvalue weighted by atomic mass is 16.6. The fraction of sp³-hybridized carbons (Fsp3) is 0.455. The van der Waals surface area contributed by atoms with E-state index in [0.29, 0.717) is 0 Å². The van der Waals surface area contributed by atoms with E-state index in [1.54, 1.807) is 20.8 Å². The fourth-order valence-corrected chi connectivity index (χ4v) is 1.02. The number of carbonyl (C=O) groups is 2. The number of carbonyl (C=O) groups excluding carboxylic acids is 2. The van der Waals surface area contributed by atoms with Gasteiger partial charge < -0.3 is 13.9 Å². The van der Waals surface area contributed by atoms with Gasteiger partial charge in [0.25, 0.3) is 0 Å². The predicted octanol–water partition coefficient (Wildman–Crippen LogP) is 2.41. The summed E-state index contributed by atoms with van der Waals surface area (Å²) in [6.07, 6.45) is -0.650. The molecule has 0 atom stereocenters. The molecule has 17 heavy (non-hydrogen) atoms. The molecule has 0 saturated carbocycles. The molecule has 94 valence electrons. The van der Waals surface area contributed by atoms with Crippen molar-refractivity contribution in [3.8, 4) is 0 Å². The van der Waals surface area contributed by atoms with Crippen LogP contribution in [-0.2, 0) is 9.47 Å². The monoisotopic (exact) mass is 241 g/mol. The Morgan fingerprint density at radius 1 is 1.29 bits per heavy atom. The van der Waals surface area contributed by atoms with Crippen LogP contribution in [0.2, 0.25) is 0 Å². The van der Waals surface area contributed by atoms with Gasteiger partial charge in [-0.2, -0.15) is 0 Å². The van der Waals surface area contributed by atoms with Crippen LogP contribution < -0.4 is 5.32 Å². The SMILES string of the molecule is COC(=O)c1ccc(NC(=O)OC(C)(C)C)o1. The lowest BCUT2D eigenvalue weighted by atomic mass is 10.2. The number of furan rings is 1. The van der Waals surface area contributed by atoms with Gasteiger partial charge in [-0.1, -0.05) is 0 Å². The molecule has 0 saturated heterocycles. The molecule has 0 fully saturated rings. The Balaban J connectivity index is 2.61. The number of hydrogen-bond donors (Lipinski definition) is 1. The lowest BCUT2D eigenvalue weighted by molar-refractivity contribution is 0.0559. The Morgan fingerprint density at radius 2 is 1.94 bits per heavy atom. The maximum Gasteiger partial charge on any atom is 0.414 e. The van der Waals surface area contributed by atoms with Crippen molar-refractivity contribution in [1.29, 1.82) is 0 Å². The van der Waals surface area contributed by atoms with Gasteiger partial charge in [0.15, 0.2) is 0 Å². The Labute approximate surface area is 98.9 Å². The van der Waals surface area contributed by atoms with Crippen molar-refractivity contribution < 1.29 is 23.5 Å². The quantitative estimate of drug-likeness (QED) is 0.804. The fourth-order valence-electron chi connectivity index (χ4n) is 1.02. The largest absolute Gasteiger partial charge is 0.463 e. The van der Waals surface area contributed by atoms with Gasteiger partial charge in [0, 0.05) is 6.07 Å². The Bertz CT molecular complexity index is 416. The number of methoxy groups -OCH3 is 1. The number of rotatable bonds is 2. The summed E-state index contributed by atoms with van der Waals surface area (Å²) in [4.78, 5) is 22.4. The van der Waals surface area contributed by atoms with Crippen LogP contribution in [-0.4, -0.2) is 24.8 Å². The van der Waals surface area contributed by atoms with Crippen molar-refractivity contribution in [2.45, 2.75) is 26.4 Å². The molecule has 1 amide bonds. The third-order valence-electron chi connectivity index (χ3n) is 1.62. The molecule has 0 aliphatic carbocycles. The average Bonchev–Trinajstić information content (AvgIpc) is 2.62. The maximum absolute atomic E-state index is 11.4. The van der Waals surface area contributed by atoms with Crippen LogP contribution in [0.4, 0.5) is 10.7 Å². The van der Waals surface area contributed by atoms with E-state index in [0.717, 1.165) is 0 Å². The van der Waals surface area contributed by atoms with Gasteiger partial charge in [0.2, 0.25) is 11.6 Å². The zero-order valence-electron chi connectivity index (χ0n) is 10.2. The standard InChI is InChI=1S/C11H15NO5/c1-11(2,3)17-10(14)12-8-6-5-7(16-8)9(13)15-4/h5-6H,1-4H3,(H,12,14). The van der Waals surface area contributed by atoms with Gasteiger partial charge >= 0.3 is 12.1 Å². The molecule has 0 bridgehead atoms. The van der Waals surface area contributed by atoms with Crippen LogP contribution in [0.25, 0.3) is 0 Å². The molecule has 1 aromatic rings. The van der Waals surface area contributed by atoms with Crippen molar-refractivity contribution in [2.75, 3.05) is 12.4 Å². The third-order valence-corrected chi connectivity index (χ3v) is 1.62. The van der Waals surface area contributed by atoms with Crippen molar-refractivity contribution >= 4 is 17.9 Å². The van der Waals surface area contributed by atoms with Crippen molar-refractivity contribution in [3.05, 3.63) is 17.9 Å². The number of nitrogens with one attached hydrogen (secondary N) is 1. The Kier molecular flexibility index (Phi) is 3.77. The molecule has 1 rings (SSSR count). The van der Waals surface area contributed by atoms with Gasteiger partial charge in [-0.05, 0) is 26.8 Å². The average molecular weight is 241 g/mol. The highest BCUT2D eigenvalue weighted by Crippen LogP contribution is 2.15. The summed E-state index contributed by atoms with van der Waals surface area (Å²) in [5, 5.41) is 2.36. The predicted molar refractivity (Wildman–Crippen MR) is 59.9 cm³/mol. The van der Waals surface area contributed by atoms with E-state index in [1.807, 2.05) is 0 Å². The third kappa shape index (κ3) is 4.18. The van der Waals surface area contributed by atoms with Crippen LogP contribution in [0, 0.1) is 0 Å². The second-order valence-electron chi connectivity index (χ2n) is 4.28. The molecule has 1 N–H and O–H groups in total. The molecule has 0 aliphatic heterocycles. The molecule has 1 aromatic heterocycles. The van der Waals surface area contributed by atoms with Crippen LogP contribution in [0.15, 0.2) is 16.5 Å². The number of esters is 1. The lowest BCUT2D eigenvalue weighted by Crippen LogP contribution is -2.27. The molecule has 6 nitrogen and oxygen atoms in total. The highest BCUT2D eigenvalue weighted by molar-refractivity contribution is 5.88. The van der Waals surface area contributed by atoms with Crippen molar-refractivity contribution in [2.24, 2.45) is 0 Å². The molecular weight excluding hydrogens is 226 g/mol. The van der Waals surface area contributed by atoms with Crippen LogP contribution in [0.1, 0.15) is 31.3 Å². The summed E-state index contributed by atoms with van der Waals surface area (Å²) in [5.74, 6) is -0.472. The summed E-state index contributed by atoms with van der Waals surface area (Å²) in [7, 11) is 1.24. The van der Waals surface area contributed by atoms with Crippen LogP contribution in [0.5, 0.6) is 0 Å². The first-order chi connectivity index (χ1) is 7.81. The zero-order chi connectivity index (χ0) is 13.1. The molecule has 6 heteroatoms. The summed E-state index contributed by atoms with van der Waals surface area (Å²) in [6, 6.07) is 2.84. The lowest BCUT2D eigenvalue weighted by Gasteiger charge is -2.18. The molecular formula is C11H15NO5. The van der Waals surface area contributed by atoms with E-state index in [9.17, 15) is 9.59 Å². The normalized spacial score (nSPS) is 10.8. The number of ether oxygens (including phenoxy) is 2. The first-order valence-electron chi connectivity index (χ1n) is 5.00. The van der Waals surface area contributed by atoms with E-state index in [2.05, 4.69) is 10.1 Å². The summed E-state index contributed by atoms with van der Waals surface area (Å²) in [6.45, 7) is 5.23. The maximum atomic E-state index is 11.4. The van der Waals surface area contributed by atoms with Gasteiger partial charge in [-0.15, -0.1) is 0 Å². The minimum Gasteiger partial charge on any atom is -0.463 e. The molecule has 0 aliphatic rings. The molecule has 0 aromatic carbocycles. The van der Waals surface area contributed by atoms with Crippen LogP contribution in [0.3, 0.4) is 0 Å². The number of amides is 1. The molecule has 0 unspecified atom stereocenters. The van der Waals surface area contributed by atoms with E-state index < -0.39 is 17.7 Å². The topological polar surface area (TPSA) is 77.8 Å². The number of hydrogen-bond acceptors (Lipinski definition) is 5. The first-order valence-corrected chi connectivity index (χ1v) is 5.00. The summed E-state index contributed by atoms with van der Waals surface area (Å²) in [5.41, 5.74) is -0.595. The van der Waals surface area contributed by atoms with Crippen molar-refractivity contribution in [3.63, 3.8) is 0 Å². The second kappa shape index (κ2) is 4.90. The van der Waals surface area contributed by atoms with Gasteiger partial charge in [0.1, 0.15) is 5.60 Å². The highest BCUT2D eigenvalue weighted by Gasteiger charge is 2.18.